The molecule has 2 aliphatic rings. The van der Waals surface area contributed by atoms with E-state index in [2.05, 4.69) is 10.00 Å². The molecule has 3 aromatic rings. The third-order valence-corrected chi connectivity index (χ3v) is 8.76. The van der Waals surface area contributed by atoms with Crippen LogP contribution in [0.1, 0.15) is 37.7 Å². The molecule has 2 heterocycles. The molecule has 2 fully saturated rings. The van der Waals surface area contributed by atoms with Gasteiger partial charge in [-0.05, 0) is 63.3 Å². The van der Waals surface area contributed by atoms with Gasteiger partial charge >= 0.3 is 0 Å². The summed E-state index contributed by atoms with van der Waals surface area (Å²) < 4.78 is 28.1. The van der Waals surface area contributed by atoms with Gasteiger partial charge in [0.05, 0.1) is 26.4 Å². The number of aliphatic hydroxyl groups is 2. The first-order valence-electron chi connectivity index (χ1n) is 10.8. The van der Waals surface area contributed by atoms with E-state index in [1.165, 1.54) is 0 Å². The van der Waals surface area contributed by atoms with Crippen LogP contribution in [0.25, 0.3) is 10.9 Å². The Bertz CT molecular complexity index is 1280. The van der Waals surface area contributed by atoms with Gasteiger partial charge < -0.3 is 15.1 Å². The Labute approximate surface area is 192 Å². The Morgan fingerprint density at radius 3 is 2.50 bits per heavy atom. The van der Waals surface area contributed by atoms with Gasteiger partial charge in [0.15, 0.2) is 5.82 Å². The Hall–Kier alpha value is -2.13. The van der Waals surface area contributed by atoms with Crippen LogP contribution in [0.5, 0.6) is 0 Å². The van der Waals surface area contributed by atoms with Gasteiger partial charge in [-0.25, -0.2) is 0 Å². The van der Waals surface area contributed by atoms with E-state index < -0.39 is 15.6 Å². The normalized spacial score (nSPS) is 22.6. The molecule has 1 unspecified atom stereocenters. The Balaban J connectivity index is 1.64. The zero-order valence-corrected chi connectivity index (χ0v) is 19.4. The summed E-state index contributed by atoms with van der Waals surface area (Å²) in [5.74, 6) is 0.532. The van der Waals surface area contributed by atoms with E-state index in [0.717, 1.165) is 22.5 Å². The highest BCUT2D eigenvalue weighted by Crippen LogP contribution is 2.54. The number of aryl methyl sites for hydroxylation is 1. The molecule has 1 aliphatic heterocycles. The SMILES string of the molecule is Cc1ccc(S(=O)(=O)n2nc(N3CCC(O)(CCO)CC34CC4)c3c(Cl)cccc32)cc1. The molecule has 9 heteroatoms. The van der Waals surface area contributed by atoms with Crippen LogP contribution in [0.2, 0.25) is 5.02 Å². The quantitative estimate of drug-likeness (QED) is 0.586. The topological polar surface area (TPSA) is 95.7 Å². The van der Waals surface area contributed by atoms with Gasteiger partial charge in [0.2, 0.25) is 0 Å². The van der Waals surface area contributed by atoms with Crippen molar-refractivity contribution in [2.75, 3.05) is 18.1 Å². The molecule has 7 nitrogen and oxygen atoms in total. The third kappa shape index (κ3) is 3.41. The minimum absolute atomic E-state index is 0.0647. The number of anilines is 1. The highest BCUT2D eigenvalue weighted by Gasteiger charge is 2.56. The molecular formula is C23H26ClN3O4S. The van der Waals surface area contributed by atoms with E-state index in [1.807, 2.05) is 6.92 Å². The molecule has 32 heavy (non-hydrogen) atoms. The number of rotatable bonds is 5. The number of halogens is 1. The van der Waals surface area contributed by atoms with Gasteiger partial charge in [0, 0.05) is 18.7 Å². The van der Waals surface area contributed by atoms with Crippen LogP contribution in [0.15, 0.2) is 47.4 Å². The fourth-order valence-electron chi connectivity index (χ4n) is 4.96. The number of aromatic nitrogens is 2. The van der Waals surface area contributed by atoms with Crippen LogP contribution < -0.4 is 4.90 Å². The summed E-state index contributed by atoms with van der Waals surface area (Å²) in [6.45, 7) is 2.35. The van der Waals surface area contributed by atoms with Crippen LogP contribution in [0, 0.1) is 6.92 Å². The van der Waals surface area contributed by atoms with Crippen molar-refractivity contribution < 1.29 is 18.6 Å². The molecule has 5 rings (SSSR count). The fourth-order valence-corrected chi connectivity index (χ4v) is 6.49. The van der Waals surface area contributed by atoms with Crippen molar-refractivity contribution in [3.63, 3.8) is 0 Å². The van der Waals surface area contributed by atoms with Crippen molar-refractivity contribution in [3.05, 3.63) is 53.1 Å². The molecule has 1 atom stereocenters. The van der Waals surface area contributed by atoms with Gasteiger partial charge in [-0.1, -0.05) is 35.4 Å². The van der Waals surface area contributed by atoms with Gasteiger partial charge in [-0.2, -0.15) is 12.5 Å². The van der Waals surface area contributed by atoms with Crippen LogP contribution in [0.4, 0.5) is 5.82 Å². The summed E-state index contributed by atoms with van der Waals surface area (Å²) in [6.07, 6.45) is 3.08. The maximum absolute atomic E-state index is 13.5. The summed E-state index contributed by atoms with van der Waals surface area (Å²) >= 11 is 6.57. The second kappa shape index (κ2) is 7.45. The largest absolute Gasteiger partial charge is 0.396 e. The van der Waals surface area contributed by atoms with Crippen LogP contribution >= 0.6 is 11.6 Å². The van der Waals surface area contributed by atoms with E-state index in [1.54, 1.807) is 42.5 Å². The van der Waals surface area contributed by atoms with Crippen molar-refractivity contribution in [3.8, 4) is 0 Å². The highest BCUT2D eigenvalue weighted by atomic mass is 35.5. The highest BCUT2D eigenvalue weighted by molar-refractivity contribution is 7.90. The molecule has 1 aromatic heterocycles. The summed E-state index contributed by atoms with van der Waals surface area (Å²) in [7, 11) is -3.93. The number of hydrogen-bond acceptors (Lipinski definition) is 6. The molecule has 2 aromatic carbocycles. The van der Waals surface area contributed by atoms with E-state index in [4.69, 9.17) is 11.6 Å². The van der Waals surface area contributed by atoms with Crippen molar-refractivity contribution in [2.24, 2.45) is 0 Å². The van der Waals surface area contributed by atoms with Gasteiger partial charge in [-0.3, -0.25) is 0 Å². The fraction of sp³-hybridized carbons (Fsp3) is 0.435. The van der Waals surface area contributed by atoms with Gasteiger partial charge in [0.25, 0.3) is 10.0 Å². The third-order valence-electron chi connectivity index (χ3n) is 6.84. The Morgan fingerprint density at radius 1 is 1.12 bits per heavy atom. The molecule has 0 amide bonds. The first-order chi connectivity index (χ1) is 15.2. The lowest BCUT2D eigenvalue weighted by Gasteiger charge is -2.45. The van der Waals surface area contributed by atoms with E-state index in [0.29, 0.717) is 47.6 Å². The van der Waals surface area contributed by atoms with Crippen molar-refractivity contribution >= 4 is 38.3 Å². The molecule has 2 N–H and O–H groups in total. The number of nitrogens with zero attached hydrogens (tertiary/aromatic N) is 3. The van der Waals surface area contributed by atoms with E-state index in [-0.39, 0.29) is 17.0 Å². The predicted molar refractivity (Wildman–Crippen MR) is 124 cm³/mol. The first-order valence-corrected chi connectivity index (χ1v) is 12.6. The molecular weight excluding hydrogens is 450 g/mol. The molecule has 1 spiro atoms. The second-order valence-electron chi connectivity index (χ2n) is 9.12. The summed E-state index contributed by atoms with van der Waals surface area (Å²) in [5, 5.41) is 26.0. The lowest BCUT2D eigenvalue weighted by molar-refractivity contribution is -0.0196. The maximum atomic E-state index is 13.5. The zero-order valence-electron chi connectivity index (χ0n) is 17.8. The van der Waals surface area contributed by atoms with Crippen LogP contribution in [0.3, 0.4) is 0 Å². The monoisotopic (exact) mass is 475 g/mol. The number of benzene rings is 2. The van der Waals surface area contributed by atoms with Gasteiger partial charge in [-0.15, -0.1) is 5.10 Å². The molecule has 0 bridgehead atoms. The average molecular weight is 476 g/mol. The average Bonchev–Trinajstić information content (AvgIpc) is 3.37. The maximum Gasteiger partial charge on any atom is 0.283 e. The minimum atomic E-state index is -3.93. The molecule has 1 saturated heterocycles. The minimum Gasteiger partial charge on any atom is -0.396 e. The Kier molecular flexibility index (Phi) is 5.05. The Morgan fingerprint density at radius 2 is 1.84 bits per heavy atom. The molecule has 1 aliphatic carbocycles. The number of aliphatic hydroxyl groups excluding tert-OH is 1. The lowest BCUT2D eigenvalue weighted by atomic mass is 9.82. The molecule has 1 saturated carbocycles. The summed E-state index contributed by atoms with van der Waals surface area (Å²) in [5.41, 5.74) is 0.191. The van der Waals surface area contributed by atoms with Crippen molar-refractivity contribution in [1.29, 1.82) is 0 Å². The predicted octanol–water partition coefficient (Wildman–Crippen LogP) is 3.48. The number of piperidine rings is 1. The van der Waals surface area contributed by atoms with Gasteiger partial charge in [0.1, 0.15) is 0 Å². The van der Waals surface area contributed by atoms with Crippen LogP contribution in [-0.2, 0) is 10.0 Å². The standard InChI is InChI=1S/C23H26ClN3O4S/c1-16-5-7-17(8-6-16)32(30,31)27-19-4-2-3-18(24)20(19)21(25-27)26-13-11-23(29,12-14-28)15-22(26)9-10-22/h2-8,28-29H,9-15H2,1H3. The van der Waals surface area contributed by atoms with Crippen molar-refractivity contribution in [2.45, 2.75) is 55.1 Å². The summed E-state index contributed by atoms with van der Waals surface area (Å²) in [6, 6.07) is 11.9. The summed E-state index contributed by atoms with van der Waals surface area (Å²) in [4.78, 5) is 2.28. The zero-order chi connectivity index (χ0) is 22.7. The van der Waals surface area contributed by atoms with E-state index >= 15 is 0 Å². The smallest absolute Gasteiger partial charge is 0.283 e. The van der Waals surface area contributed by atoms with Crippen LogP contribution in [-0.4, -0.2) is 52.1 Å². The number of hydrogen-bond donors (Lipinski definition) is 2. The first kappa shape index (κ1) is 21.7. The van der Waals surface area contributed by atoms with Crippen molar-refractivity contribution in [1.82, 2.24) is 9.19 Å². The lowest BCUT2D eigenvalue weighted by Crippen LogP contribution is -2.53. The second-order valence-corrected chi connectivity index (χ2v) is 11.3. The molecule has 170 valence electrons. The molecule has 0 radical (unpaired) electrons. The van der Waals surface area contributed by atoms with E-state index in [9.17, 15) is 18.6 Å². The number of fused-ring (bicyclic) bond motifs is 1.